The molecule has 27 heavy (non-hydrogen) atoms. The molecule has 0 spiro atoms. The van der Waals surface area contributed by atoms with E-state index >= 15 is 0 Å². The number of carbonyl (C=O) groups excluding carboxylic acids is 2. The molecule has 0 aromatic heterocycles. The highest BCUT2D eigenvalue weighted by molar-refractivity contribution is 5.91. The maximum Gasteiger partial charge on any atom is 0.239 e. The molecule has 0 saturated carbocycles. The maximum atomic E-state index is 12.2. The van der Waals surface area contributed by atoms with Crippen LogP contribution in [0, 0.1) is 0 Å². The van der Waals surface area contributed by atoms with Crippen LogP contribution in [0.25, 0.3) is 10.8 Å². The quantitative estimate of drug-likeness (QED) is 0.705. The molecule has 1 aliphatic rings. The Hall–Kier alpha value is -2.40. The number of nitrogens with one attached hydrogen (secondary N) is 2. The van der Waals surface area contributed by atoms with Crippen LogP contribution in [0.4, 0.5) is 0 Å². The summed E-state index contributed by atoms with van der Waals surface area (Å²) in [5.41, 5.74) is 0.979. The average molecular weight is 367 g/mol. The Morgan fingerprint density at radius 1 is 0.889 bits per heavy atom. The summed E-state index contributed by atoms with van der Waals surface area (Å²) in [5.74, 6) is -0.255. The fourth-order valence-corrected chi connectivity index (χ4v) is 3.64. The SMILES string of the molecule is O=C(CNC(=O)Cc1cccc2ccccc12)NCCCN1CCCCC1. The van der Waals surface area contributed by atoms with E-state index in [4.69, 9.17) is 0 Å². The molecular weight excluding hydrogens is 338 g/mol. The van der Waals surface area contributed by atoms with E-state index < -0.39 is 0 Å². The first-order valence-corrected chi connectivity index (χ1v) is 9.95. The number of fused-ring (bicyclic) bond motifs is 1. The lowest BCUT2D eigenvalue weighted by molar-refractivity contribution is -0.125. The highest BCUT2D eigenvalue weighted by atomic mass is 16.2. The number of likely N-dealkylation sites (tertiary alicyclic amines) is 1. The fourth-order valence-electron chi connectivity index (χ4n) is 3.64. The van der Waals surface area contributed by atoms with Crippen molar-refractivity contribution in [1.82, 2.24) is 15.5 Å². The number of benzene rings is 2. The lowest BCUT2D eigenvalue weighted by Gasteiger charge is -2.26. The smallest absolute Gasteiger partial charge is 0.239 e. The minimum atomic E-state index is -0.130. The second-order valence-corrected chi connectivity index (χ2v) is 7.20. The monoisotopic (exact) mass is 367 g/mol. The molecular formula is C22H29N3O2. The molecule has 0 unspecified atom stereocenters. The van der Waals surface area contributed by atoms with Gasteiger partial charge in [-0.3, -0.25) is 9.59 Å². The Morgan fingerprint density at radius 2 is 1.67 bits per heavy atom. The van der Waals surface area contributed by atoms with Crippen LogP contribution in [-0.2, 0) is 16.0 Å². The number of amides is 2. The van der Waals surface area contributed by atoms with Gasteiger partial charge in [0.05, 0.1) is 13.0 Å². The molecule has 2 amide bonds. The van der Waals surface area contributed by atoms with Gasteiger partial charge in [0.1, 0.15) is 0 Å². The highest BCUT2D eigenvalue weighted by Crippen LogP contribution is 2.18. The average Bonchev–Trinajstić information content (AvgIpc) is 2.71. The third-order valence-corrected chi connectivity index (χ3v) is 5.10. The van der Waals surface area contributed by atoms with Crippen molar-refractivity contribution < 1.29 is 9.59 Å². The van der Waals surface area contributed by atoms with Crippen LogP contribution >= 0.6 is 0 Å². The van der Waals surface area contributed by atoms with Crippen molar-refractivity contribution in [3.63, 3.8) is 0 Å². The molecule has 2 N–H and O–H groups in total. The lowest BCUT2D eigenvalue weighted by Crippen LogP contribution is -2.39. The van der Waals surface area contributed by atoms with Gasteiger partial charge in [0, 0.05) is 6.54 Å². The van der Waals surface area contributed by atoms with E-state index in [0.29, 0.717) is 6.54 Å². The largest absolute Gasteiger partial charge is 0.355 e. The Balaban J connectivity index is 1.35. The summed E-state index contributed by atoms with van der Waals surface area (Å²) >= 11 is 0. The molecule has 0 radical (unpaired) electrons. The summed E-state index contributed by atoms with van der Waals surface area (Å²) < 4.78 is 0. The number of carbonyl (C=O) groups is 2. The number of nitrogens with zero attached hydrogens (tertiary/aromatic N) is 1. The van der Waals surface area contributed by atoms with Crippen molar-refractivity contribution in [1.29, 1.82) is 0 Å². The van der Waals surface area contributed by atoms with Crippen molar-refractivity contribution in [2.75, 3.05) is 32.7 Å². The molecule has 0 bridgehead atoms. The third kappa shape index (κ3) is 6.07. The first-order chi connectivity index (χ1) is 13.2. The standard InChI is InChI=1S/C22H29N3O2/c26-21(16-19-10-6-9-18-8-2-3-11-20(18)19)24-17-22(27)23-12-7-15-25-13-4-1-5-14-25/h2-3,6,8-11H,1,4-5,7,12-17H2,(H,23,27)(H,24,26). The Morgan fingerprint density at radius 3 is 2.52 bits per heavy atom. The van der Waals surface area contributed by atoms with Crippen molar-refractivity contribution in [3.8, 4) is 0 Å². The van der Waals surface area contributed by atoms with Crippen LogP contribution in [0.2, 0.25) is 0 Å². The van der Waals surface area contributed by atoms with Gasteiger partial charge in [0.25, 0.3) is 0 Å². The second-order valence-electron chi connectivity index (χ2n) is 7.20. The number of piperidine rings is 1. The van der Waals surface area contributed by atoms with E-state index in [9.17, 15) is 9.59 Å². The van der Waals surface area contributed by atoms with Crippen molar-refractivity contribution >= 4 is 22.6 Å². The van der Waals surface area contributed by atoms with E-state index in [-0.39, 0.29) is 24.8 Å². The summed E-state index contributed by atoms with van der Waals surface area (Å²) in [6.45, 7) is 4.09. The molecule has 5 nitrogen and oxygen atoms in total. The van der Waals surface area contributed by atoms with Crippen LogP contribution in [0.5, 0.6) is 0 Å². The predicted octanol–water partition coefficient (Wildman–Crippen LogP) is 2.49. The molecule has 144 valence electrons. The molecule has 1 fully saturated rings. The van der Waals surface area contributed by atoms with Gasteiger partial charge in [-0.2, -0.15) is 0 Å². The lowest BCUT2D eigenvalue weighted by atomic mass is 10.0. The Labute approximate surface area is 161 Å². The van der Waals surface area contributed by atoms with Crippen LogP contribution < -0.4 is 10.6 Å². The van der Waals surface area contributed by atoms with E-state index in [0.717, 1.165) is 29.3 Å². The van der Waals surface area contributed by atoms with Gasteiger partial charge in [0.2, 0.25) is 11.8 Å². The molecule has 3 rings (SSSR count). The molecule has 1 heterocycles. The topological polar surface area (TPSA) is 61.4 Å². The van der Waals surface area contributed by atoms with E-state index in [2.05, 4.69) is 15.5 Å². The molecule has 2 aromatic rings. The zero-order valence-electron chi connectivity index (χ0n) is 15.9. The van der Waals surface area contributed by atoms with E-state index in [1.165, 1.54) is 32.4 Å². The molecule has 1 saturated heterocycles. The van der Waals surface area contributed by atoms with Gasteiger partial charge in [0.15, 0.2) is 0 Å². The summed E-state index contributed by atoms with van der Waals surface area (Å²) in [6.07, 6.45) is 5.15. The summed E-state index contributed by atoms with van der Waals surface area (Å²) in [4.78, 5) is 26.6. The van der Waals surface area contributed by atoms with Gasteiger partial charge in [-0.05, 0) is 55.2 Å². The number of hydrogen-bond acceptors (Lipinski definition) is 3. The van der Waals surface area contributed by atoms with Crippen molar-refractivity contribution in [2.45, 2.75) is 32.1 Å². The Kier molecular flexibility index (Phi) is 7.22. The number of hydrogen-bond donors (Lipinski definition) is 2. The maximum absolute atomic E-state index is 12.2. The summed E-state index contributed by atoms with van der Waals surface area (Å²) in [7, 11) is 0. The summed E-state index contributed by atoms with van der Waals surface area (Å²) in [5, 5.41) is 7.82. The predicted molar refractivity (Wildman–Crippen MR) is 109 cm³/mol. The van der Waals surface area contributed by atoms with Crippen LogP contribution in [0.15, 0.2) is 42.5 Å². The normalized spacial score (nSPS) is 14.8. The second kappa shape index (κ2) is 10.1. The number of rotatable bonds is 8. The zero-order chi connectivity index (χ0) is 18.9. The van der Waals surface area contributed by atoms with Crippen LogP contribution in [-0.4, -0.2) is 49.4 Å². The third-order valence-electron chi connectivity index (χ3n) is 5.10. The molecule has 0 atom stereocenters. The van der Waals surface area contributed by atoms with Crippen molar-refractivity contribution in [3.05, 3.63) is 48.0 Å². The minimum Gasteiger partial charge on any atom is -0.355 e. The van der Waals surface area contributed by atoms with E-state index in [1.54, 1.807) is 0 Å². The van der Waals surface area contributed by atoms with Crippen LogP contribution in [0.3, 0.4) is 0 Å². The Bertz CT molecular complexity index is 764. The van der Waals surface area contributed by atoms with Crippen molar-refractivity contribution in [2.24, 2.45) is 0 Å². The fraction of sp³-hybridized carbons (Fsp3) is 0.455. The van der Waals surface area contributed by atoms with Gasteiger partial charge >= 0.3 is 0 Å². The molecule has 0 aliphatic carbocycles. The van der Waals surface area contributed by atoms with Crippen LogP contribution in [0.1, 0.15) is 31.2 Å². The first kappa shape index (κ1) is 19.4. The molecule has 1 aliphatic heterocycles. The molecule has 5 heteroatoms. The van der Waals surface area contributed by atoms with Gasteiger partial charge in [-0.25, -0.2) is 0 Å². The summed E-state index contributed by atoms with van der Waals surface area (Å²) in [6, 6.07) is 14.0. The highest BCUT2D eigenvalue weighted by Gasteiger charge is 2.10. The van der Waals surface area contributed by atoms with E-state index in [1.807, 2.05) is 42.5 Å². The van der Waals surface area contributed by atoms with Gasteiger partial charge in [-0.1, -0.05) is 48.9 Å². The molecule has 2 aromatic carbocycles. The zero-order valence-corrected chi connectivity index (χ0v) is 15.9. The van der Waals surface area contributed by atoms with Gasteiger partial charge in [-0.15, -0.1) is 0 Å². The minimum absolute atomic E-state index is 0.0350. The first-order valence-electron chi connectivity index (χ1n) is 9.95. The van der Waals surface area contributed by atoms with Gasteiger partial charge < -0.3 is 15.5 Å².